The SMILES string of the molecule is NC(=S)c1cc(F)c(NC2CCSCC2)c(F)c1. The summed E-state index contributed by atoms with van der Waals surface area (Å²) in [5.74, 6) is 0.754. The lowest BCUT2D eigenvalue weighted by atomic mass is 10.1. The van der Waals surface area contributed by atoms with Gasteiger partial charge in [0.2, 0.25) is 0 Å². The number of hydrogen-bond acceptors (Lipinski definition) is 3. The highest BCUT2D eigenvalue weighted by molar-refractivity contribution is 7.99. The zero-order valence-corrected chi connectivity index (χ0v) is 11.3. The molecule has 1 aromatic rings. The molecule has 0 atom stereocenters. The second-order valence-corrected chi connectivity index (χ2v) is 5.87. The average Bonchev–Trinajstić information content (AvgIpc) is 2.34. The number of thiocarbonyl (C=S) groups is 1. The average molecular weight is 288 g/mol. The zero-order valence-electron chi connectivity index (χ0n) is 9.71. The van der Waals surface area contributed by atoms with Crippen molar-refractivity contribution in [3.63, 3.8) is 0 Å². The van der Waals surface area contributed by atoms with Crippen molar-refractivity contribution in [2.45, 2.75) is 18.9 Å². The fourth-order valence-corrected chi connectivity index (χ4v) is 3.12. The quantitative estimate of drug-likeness (QED) is 0.839. The second kappa shape index (κ2) is 5.84. The van der Waals surface area contributed by atoms with Gasteiger partial charge in [-0.2, -0.15) is 11.8 Å². The van der Waals surface area contributed by atoms with Crippen LogP contribution in [0.15, 0.2) is 12.1 Å². The number of benzene rings is 1. The summed E-state index contributed by atoms with van der Waals surface area (Å²) in [6.07, 6.45) is 1.83. The first-order valence-electron chi connectivity index (χ1n) is 5.71. The molecular weight excluding hydrogens is 274 g/mol. The van der Waals surface area contributed by atoms with Gasteiger partial charge in [0, 0.05) is 11.6 Å². The summed E-state index contributed by atoms with van der Waals surface area (Å²) in [4.78, 5) is -0.00610. The first-order valence-corrected chi connectivity index (χ1v) is 7.27. The Morgan fingerprint density at radius 3 is 2.33 bits per heavy atom. The van der Waals surface area contributed by atoms with E-state index in [1.54, 1.807) is 0 Å². The lowest BCUT2D eigenvalue weighted by Crippen LogP contribution is -2.25. The summed E-state index contributed by atoms with van der Waals surface area (Å²) in [6.45, 7) is 0. The maximum Gasteiger partial charge on any atom is 0.150 e. The van der Waals surface area contributed by atoms with Crippen LogP contribution in [-0.4, -0.2) is 22.5 Å². The highest BCUT2D eigenvalue weighted by Gasteiger charge is 2.18. The van der Waals surface area contributed by atoms with Crippen molar-refractivity contribution < 1.29 is 8.78 Å². The zero-order chi connectivity index (χ0) is 13.1. The summed E-state index contributed by atoms with van der Waals surface area (Å²) in [5.41, 5.74) is 5.50. The summed E-state index contributed by atoms with van der Waals surface area (Å²) >= 11 is 6.57. The van der Waals surface area contributed by atoms with Crippen molar-refractivity contribution in [2.24, 2.45) is 5.73 Å². The van der Waals surface area contributed by atoms with Gasteiger partial charge in [0.05, 0.1) is 0 Å². The van der Waals surface area contributed by atoms with Crippen LogP contribution in [0, 0.1) is 11.6 Å². The summed E-state index contributed by atoms with van der Waals surface area (Å²) in [6, 6.07) is 2.47. The standard InChI is InChI=1S/C12H14F2N2S2/c13-9-5-7(12(15)17)6-10(14)11(9)16-8-1-3-18-4-2-8/h5-6,8,16H,1-4H2,(H2,15,17). The molecule has 0 unspecified atom stereocenters. The van der Waals surface area contributed by atoms with Gasteiger partial charge in [-0.15, -0.1) is 0 Å². The van der Waals surface area contributed by atoms with Gasteiger partial charge in [-0.05, 0) is 36.5 Å². The smallest absolute Gasteiger partial charge is 0.150 e. The Kier molecular flexibility index (Phi) is 4.40. The number of rotatable bonds is 3. The molecule has 1 saturated heterocycles. The van der Waals surface area contributed by atoms with Gasteiger partial charge >= 0.3 is 0 Å². The van der Waals surface area contributed by atoms with Crippen LogP contribution in [0.4, 0.5) is 14.5 Å². The molecule has 0 radical (unpaired) electrons. The van der Waals surface area contributed by atoms with Gasteiger partial charge in [0.1, 0.15) is 22.3 Å². The first-order chi connectivity index (χ1) is 8.58. The predicted molar refractivity (Wildman–Crippen MR) is 76.2 cm³/mol. The lowest BCUT2D eigenvalue weighted by molar-refractivity contribution is 0.574. The van der Waals surface area contributed by atoms with Crippen molar-refractivity contribution in [2.75, 3.05) is 16.8 Å². The maximum atomic E-state index is 13.8. The molecule has 0 bridgehead atoms. The number of nitrogens with one attached hydrogen (secondary N) is 1. The summed E-state index contributed by atoms with van der Waals surface area (Å²) in [7, 11) is 0. The van der Waals surface area contributed by atoms with Gasteiger partial charge in [-0.1, -0.05) is 12.2 Å². The van der Waals surface area contributed by atoms with Crippen molar-refractivity contribution in [1.29, 1.82) is 0 Å². The molecule has 0 aromatic heterocycles. The lowest BCUT2D eigenvalue weighted by Gasteiger charge is -2.24. The van der Waals surface area contributed by atoms with Crippen molar-refractivity contribution in [1.82, 2.24) is 0 Å². The van der Waals surface area contributed by atoms with E-state index in [9.17, 15) is 8.78 Å². The Bertz CT molecular complexity index is 436. The Morgan fingerprint density at radius 2 is 1.83 bits per heavy atom. The maximum absolute atomic E-state index is 13.8. The van der Waals surface area contributed by atoms with Gasteiger partial charge < -0.3 is 11.1 Å². The second-order valence-electron chi connectivity index (χ2n) is 4.21. The molecule has 18 heavy (non-hydrogen) atoms. The Labute approximate surface area is 114 Å². The molecule has 2 nitrogen and oxygen atoms in total. The number of halogens is 2. The van der Waals surface area contributed by atoms with E-state index in [1.165, 1.54) is 12.1 Å². The highest BCUT2D eigenvalue weighted by Crippen LogP contribution is 2.25. The van der Waals surface area contributed by atoms with E-state index < -0.39 is 11.6 Å². The van der Waals surface area contributed by atoms with Crippen molar-refractivity contribution >= 4 is 34.7 Å². The minimum absolute atomic E-state index is 0.00610. The van der Waals surface area contributed by atoms with E-state index in [4.69, 9.17) is 18.0 Å². The molecular formula is C12H14F2N2S2. The molecule has 0 amide bonds. The molecule has 3 N–H and O–H groups in total. The molecule has 0 spiro atoms. The van der Waals surface area contributed by atoms with E-state index in [1.807, 2.05) is 11.8 Å². The van der Waals surface area contributed by atoms with Crippen LogP contribution in [0.3, 0.4) is 0 Å². The highest BCUT2D eigenvalue weighted by atomic mass is 32.2. The van der Waals surface area contributed by atoms with Crippen LogP contribution < -0.4 is 11.1 Å². The monoisotopic (exact) mass is 288 g/mol. The molecule has 2 rings (SSSR count). The van der Waals surface area contributed by atoms with E-state index in [0.29, 0.717) is 0 Å². The number of thioether (sulfide) groups is 1. The van der Waals surface area contributed by atoms with E-state index in [0.717, 1.165) is 24.3 Å². The molecule has 6 heteroatoms. The van der Waals surface area contributed by atoms with Gasteiger partial charge in [-0.25, -0.2) is 8.78 Å². The minimum Gasteiger partial charge on any atom is -0.389 e. The minimum atomic E-state index is -0.643. The molecule has 1 aromatic carbocycles. The first kappa shape index (κ1) is 13.5. The Hall–Kier alpha value is -0.880. The molecule has 1 heterocycles. The van der Waals surface area contributed by atoms with Crippen LogP contribution >= 0.6 is 24.0 Å². The fourth-order valence-electron chi connectivity index (χ4n) is 1.90. The third-order valence-corrected chi connectivity index (χ3v) is 4.18. The van der Waals surface area contributed by atoms with E-state index >= 15 is 0 Å². The van der Waals surface area contributed by atoms with Gasteiger partial charge in [0.15, 0.2) is 0 Å². The third kappa shape index (κ3) is 3.11. The van der Waals surface area contributed by atoms with Crippen molar-refractivity contribution in [3.8, 4) is 0 Å². The topological polar surface area (TPSA) is 38.0 Å². The molecule has 1 aliphatic heterocycles. The molecule has 0 aliphatic carbocycles. The Balaban J connectivity index is 2.19. The van der Waals surface area contributed by atoms with Crippen LogP contribution in [-0.2, 0) is 0 Å². The molecule has 0 saturated carbocycles. The van der Waals surface area contributed by atoms with Gasteiger partial charge in [0.25, 0.3) is 0 Å². The van der Waals surface area contributed by atoms with E-state index in [-0.39, 0.29) is 22.3 Å². The summed E-state index contributed by atoms with van der Waals surface area (Å²) < 4.78 is 27.6. The van der Waals surface area contributed by atoms with Crippen LogP contribution in [0.5, 0.6) is 0 Å². The predicted octanol–water partition coefficient (Wildman–Crippen LogP) is 2.91. The number of nitrogens with two attached hydrogens (primary N) is 1. The van der Waals surface area contributed by atoms with Crippen LogP contribution in [0.25, 0.3) is 0 Å². The molecule has 1 fully saturated rings. The van der Waals surface area contributed by atoms with Gasteiger partial charge in [-0.3, -0.25) is 0 Å². The van der Waals surface area contributed by atoms with E-state index in [2.05, 4.69) is 5.32 Å². The molecule has 98 valence electrons. The third-order valence-electron chi connectivity index (χ3n) is 2.90. The molecule has 1 aliphatic rings. The number of anilines is 1. The summed E-state index contributed by atoms with van der Waals surface area (Å²) in [5, 5.41) is 2.94. The normalized spacial score (nSPS) is 16.6. The fraction of sp³-hybridized carbons (Fsp3) is 0.417. The van der Waals surface area contributed by atoms with Crippen LogP contribution in [0.1, 0.15) is 18.4 Å². The van der Waals surface area contributed by atoms with Crippen molar-refractivity contribution in [3.05, 3.63) is 29.3 Å². The van der Waals surface area contributed by atoms with Crippen LogP contribution in [0.2, 0.25) is 0 Å². The Morgan fingerprint density at radius 1 is 1.28 bits per heavy atom. The number of hydrogen-bond donors (Lipinski definition) is 2. The largest absolute Gasteiger partial charge is 0.389 e.